The number of benzene rings is 2. The number of hydrogen-bond donors (Lipinski definition) is 0. The molecular formula is C44H44N2. The summed E-state index contributed by atoms with van der Waals surface area (Å²) in [6.07, 6.45) is 38.4. The van der Waals surface area contributed by atoms with Gasteiger partial charge in [0.25, 0.3) is 0 Å². The summed E-state index contributed by atoms with van der Waals surface area (Å²) in [7, 11) is 2.15. The van der Waals surface area contributed by atoms with Crippen molar-refractivity contribution in [3.05, 3.63) is 178 Å². The van der Waals surface area contributed by atoms with Gasteiger partial charge in [0.15, 0.2) is 0 Å². The number of rotatable bonds is 9. The number of anilines is 1. The molecule has 230 valence electrons. The van der Waals surface area contributed by atoms with Crippen LogP contribution in [0.3, 0.4) is 0 Å². The Kier molecular flexibility index (Phi) is 11.3. The largest absolute Gasteiger partial charge is 0.344 e. The Morgan fingerprint density at radius 1 is 0.891 bits per heavy atom. The molecule has 0 aromatic heterocycles. The van der Waals surface area contributed by atoms with Crippen molar-refractivity contribution in [3.63, 3.8) is 0 Å². The van der Waals surface area contributed by atoms with E-state index in [4.69, 9.17) is 0 Å². The van der Waals surface area contributed by atoms with Gasteiger partial charge in [0.05, 0.1) is 0 Å². The molecule has 0 fully saturated rings. The summed E-state index contributed by atoms with van der Waals surface area (Å²) in [4.78, 5) is 4.66. The lowest BCUT2D eigenvalue weighted by atomic mass is 10.0. The molecular weight excluding hydrogens is 556 g/mol. The van der Waals surface area contributed by atoms with Gasteiger partial charge in [0.1, 0.15) is 0 Å². The van der Waals surface area contributed by atoms with Crippen molar-refractivity contribution in [2.45, 2.75) is 46.5 Å². The lowest BCUT2D eigenvalue weighted by Gasteiger charge is -2.30. The van der Waals surface area contributed by atoms with E-state index in [2.05, 4.69) is 195 Å². The molecule has 0 spiro atoms. The van der Waals surface area contributed by atoms with Crippen LogP contribution in [-0.2, 0) is 0 Å². The first-order chi connectivity index (χ1) is 22.5. The van der Waals surface area contributed by atoms with Crippen molar-refractivity contribution in [1.82, 2.24) is 4.90 Å². The monoisotopic (exact) mass is 600 g/mol. The highest BCUT2D eigenvalue weighted by molar-refractivity contribution is 5.67. The molecule has 0 amide bonds. The van der Waals surface area contributed by atoms with Crippen molar-refractivity contribution in [2.24, 2.45) is 0 Å². The molecule has 5 rings (SSSR count). The molecule has 46 heavy (non-hydrogen) atoms. The van der Waals surface area contributed by atoms with Crippen molar-refractivity contribution in [3.8, 4) is 11.8 Å². The van der Waals surface area contributed by atoms with Gasteiger partial charge in [-0.2, -0.15) is 0 Å². The Bertz CT molecular complexity index is 1910. The SMILES string of the molecule is C/C=C\C(=C1\C=CC=CC1)N(/C1=C/C=C\CC#CC1)c1ccc(/C=C/C=C(\C=C(C)C)N(C)C2=c3ccccc3=CCC=C2)cc1. The maximum absolute atomic E-state index is 3.37. The molecule has 0 unspecified atom stereocenters. The molecule has 0 radical (unpaired) electrons. The van der Waals surface area contributed by atoms with E-state index in [9.17, 15) is 0 Å². The minimum Gasteiger partial charge on any atom is -0.344 e. The highest BCUT2D eigenvalue weighted by Crippen LogP contribution is 2.32. The van der Waals surface area contributed by atoms with E-state index in [1.807, 2.05) is 0 Å². The normalized spacial score (nSPS) is 18.7. The third kappa shape index (κ3) is 8.26. The van der Waals surface area contributed by atoms with Crippen LogP contribution in [0.4, 0.5) is 5.69 Å². The predicted octanol–water partition coefficient (Wildman–Crippen LogP) is 9.42. The Morgan fingerprint density at radius 3 is 2.52 bits per heavy atom. The van der Waals surface area contributed by atoms with Crippen LogP contribution in [0.25, 0.3) is 17.8 Å². The molecule has 2 aromatic carbocycles. The van der Waals surface area contributed by atoms with E-state index in [0.717, 1.165) is 41.9 Å². The first-order valence-corrected chi connectivity index (χ1v) is 16.2. The number of likely N-dealkylation sites (N-methyl/N-ethyl adjacent to an activating group) is 1. The Labute approximate surface area is 275 Å². The zero-order valence-electron chi connectivity index (χ0n) is 27.6. The Hall–Kier alpha value is -5.26. The highest BCUT2D eigenvalue weighted by atomic mass is 15.2. The Balaban J connectivity index is 1.48. The molecule has 2 heteroatoms. The molecule has 2 nitrogen and oxygen atoms in total. The fourth-order valence-electron chi connectivity index (χ4n) is 5.74. The van der Waals surface area contributed by atoms with E-state index in [1.165, 1.54) is 33.0 Å². The second kappa shape index (κ2) is 16.2. The number of nitrogens with zero attached hydrogens (tertiary/aromatic N) is 2. The van der Waals surface area contributed by atoms with Gasteiger partial charge in [-0.05, 0) is 92.5 Å². The molecule has 0 saturated carbocycles. The molecule has 0 N–H and O–H groups in total. The van der Waals surface area contributed by atoms with E-state index >= 15 is 0 Å². The van der Waals surface area contributed by atoms with Crippen molar-refractivity contribution < 1.29 is 0 Å². The third-order valence-corrected chi connectivity index (χ3v) is 7.98. The van der Waals surface area contributed by atoms with Crippen molar-refractivity contribution in [2.75, 3.05) is 11.9 Å². The minimum absolute atomic E-state index is 0.696. The molecule has 2 aromatic rings. The zero-order valence-corrected chi connectivity index (χ0v) is 27.6. The van der Waals surface area contributed by atoms with Gasteiger partial charge in [-0.1, -0.05) is 121 Å². The summed E-state index contributed by atoms with van der Waals surface area (Å²) in [6, 6.07) is 17.5. The van der Waals surface area contributed by atoms with Crippen LogP contribution in [0.1, 0.15) is 52.0 Å². The van der Waals surface area contributed by atoms with Gasteiger partial charge in [-0.25, -0.2) is 0 Å². The zero-order chi connectivity index (χ0) is 32.1. The van der Waals surface area contributed by atoms with Gasteiger partial charge >= 0.3 is 0 Å². The molecule has 0 aliphatic heterocycles. The van der Waals surface area contributed by atoms with Gasteiger partial charge in [-0.15, -0.1) is 0 Å². The molecule has 0 bridgehead atoms. The number of hydrogen-bond acceptors (Lipinski definition) is 2. The maximum Gasteiger partial charge on any atom is 0.0497 e. The first kappa shape index (κ1) is 32.1. The predicted molar refractivity (Wildman–Crippen MR) is 200 cm³/mol. The van der Waals surface area contributed by atoms with Crippen LogP contribution in [0.2, 0.25) is 0 Å². The van der Waals surface area contributed by atoms with Gasteiger partial charge in [-0.3, -0.25) is 0 Å². The second-order valence-electron chi connectivity index (χ2n) is 11.7. The minimum atomic E-state index is 0.696. The van der Waals surface area contributed by atoms with Crippen molar-refractivity contribution >= 4 is 23.5 Å². The standard InChI is InChI=1S/C44H44N2/c1-5-19-43(38-23-10-9-11-24-38)46(39-25-12-7-6-8-13-26-39)40-32-30-36(31-33-40)20-18-27-41(34-35(2)3)45(4)44-29-17-15-22-37-21-14-16-28-42(37)44/h5,7,9-12,14,16-23,25,27-34H,6,15,24,26H2,1-4H3/b12-7-,19-5-,20-18+,39-25+,41-27+,43-38+. The second-order valence-corrected chi connectivity index (χ2v) is 11.7. The molecule has 0 heterocycles. The molecule has 0 saturated heterocycles. The summed E-state index contributed by atoms with van der Waals surface area (Å²) >= 11 is 0. The lowest BCUT2D eigenvalue weighted by Crippen LogP contribution is -2.31. The van der Waals surface area contributed by atoms with Gasteiger partial charge < -0.3 is 9.80 Å². The summed E-state index contributed by atoms with van der Waals surface area (Å²) < 4.78 is 0. The highest BCUT2D eigenvalue weighted by Gasteiger charge is 2.18. The third-order valence-electron chi connectivity index (χ3n) is 7.98. The van der Waals surface area contributed by atoms with E-state index in [1.54, 1.807) is 0 Å². The van der Waals surface area contributed by atoms with E-state index < -0.39 is 0 Å². The van der Waals surface area contributed by atoms with Crippen LogP contribution in [-0.4, -0.2) is 11.9 Å². The maximum atomic E-state index is 3.37. The van der Waals surface area contributed by atoms with Crippen LogP contribution in [0, 0.1) is 11.8 Å². The molecule has 0 atom stereocenters. The van der Waals surface area contributed by atoms with Crippen molar-refractivity contribution in [1.29, 1.82) is 0 Å². The smallest absolute Gasteiger partial charge is 0.0497 e. The van der Waals surface area contributed by atoms with Gasteiger partial charge in [0.2, 0.25) is 0 Å². The van der Waals surface area contributed by atoms with Crippen LogP contribution in [0.15, 0.2) is 162 Å². The molecule has 3 aliphatic carbocycles. The lowest BCUT2D eigenvalue weighted by molar-refractivity contribution is 0.615. The topological polar surface area (TPSA) is 6.48 Å². The fourth-order valence-corrected chi connectivity index (χ4v) is 5.74. The summed E-state index contributed by atoms with van der Waals surface area (Å²) in [5.74, 6) is 6.64. The number of fused-ring (bicyclic) bond motifs is 1. The average Bonchev–Trinajstić information content (AvgIpc) is 3.28. The average molecular weight is 601 g/mol. The first-order valence-electron chi connectivity index (χ1n) is 16.2. The van der Waals surface area contributed by atoms with Gasteiger partial charge in [0, 0.05) is 53.6 Å². The van der Waals surface area contributed by atoms with E-state index in [-0.39, 0.29) is 0 Å². The quantitative estimate of drug-likeness (QED) is 0.209. The summed E-state index contributed by atoms with van der Waals surface area (Å²) in [5.41, 5.74) is 9.48. The summed E-state index contributed by atoms with van der Waals surface area (Å²) in [5, 5.41) is 2.53. The van der Waals surface area contributed by atoms with Crippen LogP contribution < -0.4 is 15.3 Å². The summed E-state index contributed by atoms with van der Waals surface area (Å²) in [6.45, 7) is 6.38. The van der Waals surface area contributed by atoms with E-state index in [0.29, 0.717) is 6.42 Å². The van der Waals surface area contributed by atoms with Crippen LogP contribution >= 0.6 is 0 Å². The Morgan fingerprint density at radius 2 is 1.74 bits per heavy atom. The number of allylic oxidation sites excluding steroid dienone is 16. The van der Waals surface area contributed by atoms with Crippen LogP contribution in [0.5, 0.6) is 0 Å². The fraction of sp³-hybridized carbons (Fsp3) is 0.182. The molecule has 3 aliphatic rings.